The van der Waals surface area contributed by atoms with Gasteiger partial charge in [-0.05, 0) is 49.7 Å². The van der Waals surface area contributed by atoms with Gasteiger partial charge in [-0.3, -0.25) is 20.4 Å². The third kappa shape index (κ3) is 5.10. The van der Waals surface area contributed by atoms with E-state index in [9.17, 15) is 9.59 Å². The van der Waals surface area contributed by atoms with Gasteiger partial charge >= 0.3 is 0 Å². The highest BCUT2D eigenvalue weighted by atomic mass is 79.9. The van der Waals surface area contributed by atoms with Crippen molar-refractivity contribution in [2.24, 2.45) is 0 Å². The average Bonchev–Trinajstić information content (AvgIpc) is 2.52. The fourth-order valence-electron chi connectivity index (χ4n) is 1.98. The van der Waals surface area contributed by atoms with E-state index in [1.165, 1.54) is 0 Å². The van der Waals surface area contributed by atoms with Crippen molar-refractivity contribution in [2.75, 3.05) is 6.61 Å². The first-order valence-electron chi connectivity index (χ1n) is 7.00. The van der Waals surface area contributed by atoms with Crippen molar-refractivity contribution in [1.29, 1.82) is 0 Å². The van der Waals surface area contributed by atoms with Gasteiger partial charge < -0.3 is 4.74 Å². The van der Waals surface area contributed by atoms with E-state index in [0.717, 1.165) is 15.6 Å². The van der Waals surface area contributed by atoms with Crippen molar-refractivity contribution in [2.45, 2.75) is 13.8 Å². The number of benzene rings is 2. The Balaban J connectivity index is 1.81. The van der Waals surface area contributed by atoms with Gasteiger partial charge in [-0.25, -0.2) is 0 Å². The summed E-state index contributed by atoms with van der Waals surface area (Å²) in [4.78, 5) is 23.7. The Hall–Kier alpha value is -2.34. The molecular weight excluding hydrogens is 360 g/mol. The molecule has 0 atom stereocenters. The quantitative estimate of drug-likeness (QED) is 0.806. The van der Waals surface area contributed by atoms with E-state index < -0.39 is 5.91 Å². The minimum absolute atomic E-state index is 0.186. The molecule has 6 heteroatoms. The zero-order valence-electron chi connectivity index (χ0n) is 12.9. The van der Waals surface area contributed by atoms with E-state index in [1.54, 1.807) is 18.2 Å². The van der Waals surface area contributed by atoms with E-state index in [2.05, 4.69) is 26.8 Å². The van der Waals surface area contributed by atoms with Crippen molar-refractivity contribution < 1.29 is 14.3 Å². The number of rotatable bonds is 4. The molecule has 0 fully saturated rings. The standard InChI is InChI=1S/C17H17BrN2O3/c1-11-3-8-15(12(2)9-11)17(22)20-19-16(21)10-23-14-6-4-13(18)5-7-14/h3-9H,10H2,1-2H3,(H,19,21)(H,20,22). The number of amides is 2. The molecule has 0 aliphatic carbocycles. The van der Waals surface area contributed by atoms with E-state index in [0.29, 0.717) is 11.3 Å². The molecule has 0 aliphatic rings. The van der Waals surface area contributed by atoms with Crippen LogP contribution in [0, 0.1) is 13.8 Å². The number of hydrazine groups is 1. The predicted molar refractivity (Wildman–Crippen MR) is 91.2 cm³/mol. The lowest BCUT2D eigenvalue weighted by Crippen LogP contribution is -2.44. The van der Waals surface area contributed by atoms with Gasteiger partial charge in [0.05, 0.1) is 0 Å². The Bertz CT molecular complexity index is 714. The largest absolute Gasteiger partial charge is 0.484 e. The minimum Gasteiger partial charge on any atom is -0.484 e. The van der Waals surface area contributed by atoms with Crippen LogP contribution >= 0.6 is 15.9 Å². The second kappa shape index (κ2) is 7.78. The lowest BCUT2D eigenvalue weighted by molar-refractivity contribution is -0.123. The normalized spacial score (nSPS) is 10.0. The number of ether oxygens (including phenoxy) is 1. The molecular formula is C17H17BrN2O3. The molecule has 2 rings (SSSR count). The number of aryl methyl sites for hydroxylation is 2. The van der Waals surface area contributed by atoms with Crippen molar-refractivity contribution in [1.82, 2.24) is 10.9 Å². The maximum atomic E-state index is 12.0. The molecule has 0 heterocycles. The number of nitrogens with one attached hydrogen (secondary N) is 2. The van der Waals surface area contributed by atoms with Crippen LogP contribution in [0.4, 0.5) is 0 Å². The molecule has 0 radical (unpaired) electrons. The summed E-state index contributed by atoms with van der Waals surface area (Å²) in [6, 6.07) is 12.6. The summed E-state index contributed by atoms with van der Waals surface area (Å²) in [5.41, 5.74) is 7.15. The molecule has 2 aromatic carbocycles. The molecule has 2 N–H and O–H groups in total. The minimum atomic E-state index is -0.439. The number of carbonyl (C=O) groups is 2. The van der Waals surface area contributed by atoms with Crippen LogP contribution in [-0.2, 0) is 4.79 Å². The maximum absolute atomic E-state index is 12.0. The molecule has 120 valence electrons. The molecule has 0 unspecified atom stereocenters. The highest BCUT2D eigenvalue weighted by Crippen LogP contribution is 2.15. The second-order valence-corrected chi connectivity index (χ2v) is 5.98. The predicted octanol–water partition coefficient (Wildman–Crippen LogP) is 2.91. The van der Waals surface area contributed by atoms with Crippen LogP contribution in [0.1, 0.15) is 21.5 Å². The molecule has 23 heavy (non-hydrogen) atoms. The second-order valence-electron chi connectivity index (χ2n) is 5.06. The smallest absolute Gasteiger partial charge is 0.276 e. The summed E-state index contributed by atoms with van der Waals surface area (Å²) in [6.07, 6.45) is 0. The Labute approximate surface area is 143 Å². The highest BCUT2D eigenvalue weighted by Gasteiger charge is 2.10. The summed E-state index contributed by atoms with van der Waals surface area (Å²) in [5, 5.41) is 0. The molecule has 0 saturated carbocycles. The molecule has 0 spiro atoms. The number of hydrogen-bond donors (Lipinski definition) is 2. The van der Waals surface area contributed by atoms with Crippen LogP contribution in [-0.4, -0.2) is 18.4 Å². The van der Waals surface area contributed by atoms with E-state index in [-0.39, 0.29) is 12.5 Å². The van der Waals surface area contributed by atoms with Gasteiger partial charge in [0.2, 0.25) is 0 Å². The lowest BCUT2D eigenvalue weighted by atomic mass is 10.1. The van der Waals surface area contributed by atoms with Crippen LogP contribution in [0.5, 0.6) is 5.75 Å². The van der Waals surface area contributed by atoms with Gasteiger partial charge in [0.1, 0.15) is 5.75 Å². The Morgan fingerprint density at radius 1 is 1.04 bits per heavy atom. The van der Waals surface area contributed by atoms with Gasteiger partial charge in [0, 0.05) is 10.0 Å². The molecule has 0 saturated heterocycles. The van der Waals surface area contributed by atoms with Crippen LogP contribution in [0.2, 0.25) is 0 Å². The van der Waals surface area contributed by atoms with Gasteiger partial charge in [0.15, 0.2) is 6.61 Å². The molecule has 0 aromatic heterocycles. The summed E-state index contributed by atoms with van der Waals surface area (Å²) in [7, 11) is 0. The van der Waals surface area contributed by atoms with Crippen LogP contribution < -0.4 is 15.6 Å². The Kier molecular flexibility index (Phi) is 5.76. The van der Waals surface area contributed by atoms with Gasteiger partial charge in [-0.2, -0.15) is 0 Å². The zero-order chi connectivity index (χ0) is 16.8. The average molecular weight is 377 g/mol. The number of hydrogen-bond acceptors (Lipinski definition) is 3. The van der Waals surface area contributed by atoms with Gasteiger partial charge in [-0.15, -0.1) is 0 Å². The van der Waals surface area contributed by atoms with E-state index in [1.807, 2.05) is 38.1 Å². The van der Waals surface area contributed by atoms with Crippen molar-refractivity contribution in [3.05, 3.63) is 63.6 Å². The van der Waals surface area contributed by atoms with Crippen LogP contribution in [0.15, 0.2) is 46.9 Å². The molecule has 5 nitrogen and oxygen atoms in total. The third-order valence-electron chi connectivity index (χ3n) is 3.13. The third-order valence-corrected chi connectivity index (χ3v) is 3.65. The van der Waals surface area contributed by atoms with Crippen molar-refractivity contribution in [3.8, 4) is 5.75 Å². The first-order valence-corrected chi connectivity index (χ1v) is 7.80. The molecule has 2 aromatic rings. The zero-order valence-corrected chi connectivity index (χ0v) is 14.4. The fraction of sp³-hybridized carbons (Fsp3) is 0.176. The lowest BCUT2D eigenvalue weighted by Gasteiger charge is -2.10. The SMILES string of the molecule is Cc1ccc(C(=O)NNC(=O)COc2ccc(Br)cc2)c(C)c1. The molecule has 0 aliphatic heterocycles. The van der Waals surface area contributed by atoms with Crippen LogP contribution in [0.3, 0.4) is 0 Å². The first-order chi connectivity index (χ1) is 11.0. The summed E-state index contributed by atoms with van der Waals surface area (Å²) in [6.45, 7) is 3.62. The molecule has 2 amide bonds. The molecule has 0 bridgehead atoms. The van der Waals surface area contributed by atoms with Crippen LogP contribution in [0.25, 0.3) is 0 Å². The maximum Gasteiger partial charge on any atom is 0.276 e. The summed E-state index contributed by atoms with van der Waals surface area (Å²) < 4.78 is 6.24. The van der Waals surface area contributed by atoms with E-state index >= 15 is 0 Å². The van der Waals surface area contributed by atoms with Crippen molar-refractivity contribution in [3.63, 3.8) is 0 Å². The Morgan fingerprint density at radius 2 is 1.74 bits per heavy atom. The Morgan fingerprint density at radius 3 is 2.39 bits per heavy atom. The van der Waals surface area contributed by atoms with E-state index in [4.69, 9.17) is 4.74 Å². The summed E-state index contributed by atoms with van der Waals surface area (Å²) >= 11 is 3.32. The topological polar surface area (TPSA) is 67.4 Å². The van der Waals surface area contributed by atoms with Gasteiger partial charge in [0.25, 0.3) is 11.8 Å². The summed E-state index contributed by atoms with van der Waals surface area (Å²) in [5.74, 6) is -0.227. The fourth-order valence-corrected chi connectivity index (χ4v) is 2.24. The monoisotopic (exact) mass is 376 g/mol. The first kappa shape index (κ1) is 17.0. The number of carbonyl (C=O) groups excluding carboxylic acids is 2. The number of halogens is 1. The van der Waals surface area contributed by atoms with Crippen molar-refractivity contribution >= 4 is 27.7 Å². The van der Waals surface area contributed by atoms with Gasteiger partial charge in [-0.1, -0.05) is 33.6 Å². The highest BCUT2D eigenvalue weighted by molar-refractivity contribution is 9.10.